The number of carbonyl (C=O) groups excluding carboxylic acids is 2. The van der Waals surface area contributed by atoms with Crippen LogP contribution in [0.1, 0.15) is 47.8 Å². The second-order valence-electron chi connectivity index (χ2n) is 8.13. The number of hydrogen-bond acceptors (Lipinski definition) is 4. The van der Waals surface area contributed by atoms with Crippen LogP contribution in [0.4, 0.5) is 5.69 Å². The van der Waals surface area contributed by atoms with E-state index in [1.54, 1.807) is 49.1 Å². The highest BCUT2D eigenvalue weighted by atomic mass is 35.5. The Labute approximate surface area is 197 Å². The Morgan fingerprint density at radius 2 is 1.55 bits per heavy atom. The monoisotopic (exact) mass is 459 g/mol. The molecule has 0 unspecified atom stereocenters. The van der Waals surface area contributed by atoms with Crippen LogP contribution in [-0.2, 0) is 16.1 Å². The van der Waals surface area contributed by atoms with Gasteiger partial charge >= 0.3 is 5.97 Å². The Morgan fingerprint density at radius 1 is 0.939 bits per heavy atom. The summed E-state index contributed by atoms with van der Waals surface area (Å²) in [5.41, 5.74) is 3.56. The summed E-state index contributed by atoms with van der Waals surface area (Å²) < 4.78 is 11.0. The SMILES string of the molecule is CC(=O)N(Cc1ccc(C#Cc2ccc(Cl)cc2)cc1)c1ccc2c(c1)C(=O)OC(C)(C)O2. The highest BCUT2D eigenvalue weighted by molar-refractivity contribution is 6.30. The molecule has 3 aromatic carbocycles. The fraction of sp³-hybridized carbons (Fsp3) is 0.185. The summed E-state index contributed by atoms with van der Waals surface area (Å²) in [6.07, 6.45) is 0. The van der Waals surface area contributed by atoms with Gasteiger partial charge in [-0.3, -0.25) is 4.79 Å². The number of rotatable bonds is 3. The fourth-order valence-electron chi connectivity index (χ4n) is 3.44. The van der Waals surface area contributed by atoms with Crippen molar-refractivity contribution >= 4 is 29.2 Å². The summed E-state index contributed by atoms with van der Waals surface area (Å²) in [5.74, 6) is 5.02. The van der Waals surface area contributed by atoms with Gasteiger partial charge in [0.25, 0.3) is 0 Å². The number of cyclic esters (lactones) is 1. The maximum atomic E-state index is 12.4. The molecule has 1 amide bonds. The van der Waals surface area contributed by atoms with Gasteiger partial charge in [0, 0.05) is 42.6 Å². The van der Waals surface area contributed by atoms with Gasteiger partial charge in [-0.25, -0.2) is 4.79 Å². The normalized spacial score (nSPS) is 13.6. The van der Waals surface area contributed by atoms with E-state index in [0.717, 1.165) is 16.7 Å². The zero-order valence-corrected chi connectivity index (χ0v) is 19.3. The predicted molar refractivity (Wildman–Crippen MR) is 127 cm³/mol. The molecule has 1 aliphatic rings. The van der Waals surface area contributed by atoms with Gasteiger partial charge in [0.1, 0.15) is 11.3 Å². The van der Waals surface area contributed by atoms with E-state index in [1.807, 2.05) is 36.4 Å². The first-order chi connectivity index (χ1) is 15.7. The molecule has 3 aromatic rings. The van der Waals surface area contributed by atoms with Gasteiger partial charge < -0.3 is 14.4 Å². The summed E-state index contributed by atoms with van der Waals surface area (Å²) >= 11 is 5.90. The molecule has 0 spiro atoms. The first-order valence-corrected chi connectivity index (χ1v) is 10.8. The molecule has 166 valence electrons. The Kier molecular flexibility index (Phi) is 6.13. The second-order valence-corrected chi connectivity index (χ2v) is 8.57. The number of halogens is 1. The van der Waals surface area contributed by atoms with Gasteiger partial charge in [-0.2, -0.15) is 0 Å². The van der Waals surface area contributed by atoms with Crippen molar-refractivity contribution in [3.8, 4) is 17.6 Å². The van der Waals surface area contributed by atoms with Gasteiger partial charge in [-0.05, 0) is 60.2 Å². The smallest absolute Gasteiger partial charge is 0.345 e. The number of fused-ring (bicyclic) bond motifs is 1. The number of benzene rings is 3. The third kappa shape index (κ3) is 5.36. The Hall–Kier alpha value is -3.75. The maximum Gasteiger partial charge on any atom is 0.345 e. The van der Waals surface area contributed by atoms with Crippen molar-refractivity contribution in [2.45, 2.75) is 33.1 Å². The molecule has 33 heavy (non-hydrogen) atoms. The van der Waals surface area contributed by atoms with E-state index in [-0.39, 0.29) is 5.91 Å². The minimum Gasteiger partial charge on any atom is -0.452 e. The van der Waals surface area contributed by atoms with Gasteiger partial charge in [0.05, 0.1) is 6.54 Å². The molecule has 0 atom stereocenters. The lowest BCUT2D eigenvalue weighted by molar-refractivity contribution is -0.127. The molecular formula is C27H22ClNO4. The van der Waals surface area contributed by atoms with Crippen molar-refractivity contribution in [3.05, 3.63) is 94.0 Å². The van der Waals surface area contributed by atoms with E-state index in [2.05, 4.69) is 11.8 Å². The lowest BCUT2D eigenvalue weighted by Crippen LogP contribution is -2.39. The first kappa shape index (κ1) is 22.4. The first-order valence-electron chi connectivity index (χ1n) is 10.4. The van der Waals surface area contributed by atoms with E-state index in [0.29, 0.717) is 28.6 Å². The summed E-state index contributed by atoms with van der Waals surface area (Å²) in [7, 11) is 0. The van der Waals surface area contributed by atoms with E-state index in [1.165, 1.54) is 6.92 Å². The average molecular weight is 460 g/mol. The quantitative estimate of drug-likeness (QED) is 0.379. The molecule has 4 rings (SSSR count). The predicted octanol–water partition coefficient (Wildman–Crippen LogP) is 5.58. The van der Waals surface area contributed by atoms with Crippen molar-refractivity contribution in [1.29, 1.82) is 0 Å². The molecule has 0 radical (unpaired) electrons. The van der Waals surface area contributed by atoms with Gasteiger partial charge in [-0.1, -0.05) is 35.6 Å². The number of ether oxygens (including phenoxy) is 2. The van der Waals surface area contributed by atoms with Crippen LogP contribution < -0.4 is 9.64 Å². The fourth-order valence-corrected chi connectivity index (χ4v) is 3.56. The number of amides is 1. The van der Waals surface area contributed by atoms with Crippen molar-refractivity contribution in [3.63, 3.8) is 0 Å². The van der Waals surface area contributed by atoms with Crippen molar-refractivity contribution in [1.82, 2.24) is 0 Å². The van der Waals surface area contributed by atoms with Crippen LogP contribution in [0, 0.1) is 11.8 Å². The van der Waals surface area contributed by atoms with Gasteiger partial charge in [0.15, 0.2) is 0 Å². The average Bonchev–Trinajstić information content (AvgIpc) is 2.77. The van der Waals surface area contributed by atoms with Crippen LogP contribution >= 0.6 is 11.6 Å². The maximum absolute atomic E-state index is 12.4. The molecule has 6 heteroatoms. The van der Waals surface area contributed by atoms with Crippen molar-refractivity contribution in [2.24, 2.45) is 0 Å². The topological polar surface area (TPSA) is 55.8 Å². The zero-order chi connectivity index (χ0) is 23.6. The third-order valence-electron chi connectivity index (χ3n) is 5.06. The summed E-state index contributed by atoms with van der Waals surface area (Å²) in [5, 5.41) is 0.673. The minimum absolute atomic E-state index is 0.146. The van der Waals surface area contributed by atoms with Crippen molar-refractivity contribution < 1.29 is 19.1 Å². The Balaban J connectivity index is 1.52. The molecule has 0 saturated heterocycles. The molecule has 1 aliphatic heterocycles. The molecular weight excluding hydrogens is 438 g/mol. The Morgan fingerprint density at radius 3 is 2.15 bits per heavy atom. The van der Waals surface area contributed by atoms with E-state index in [9.17, 15) is 9.59 Å². The largest absolute Gasteiger partial charge is 0.452 e. The highest BCUT2D eigenvalue weighted by Gasteiger charge is 2.34. The standard InChI is InChI=1S/C27H22ClNO4/c1-18(30)29(23-14-15-25-24(16-23)26(31)33-27(2,3)32-25)17-21-8-6-19(7-9-21)4-5-20-10-12-22(28)13-11-20/h6-16H,17H2,1-3H3. The molecule has 0 saturated carbocycles. The van der Waals surface area contributed by atoms with Crippen LogP contribution in [0.2, 0.25) is 5.02 Å². The number of nitrogens with zero attached hydrogens (tertiary/aromatic N) is 1. The number of esters is 1. The summed E-state index contributed by atoms with van der Waals surface area (Å²) in [6.45, 7) is 5.18. The van der Waals surface area contributed by atoms with Crippen LogP contribution in [-0.4, -0.2) is 17.7 Å². The molecule has 0 aromatic heterocycles. The lowest BCUT2D eigenvalue weighted by atomic mass is 10.1. The molecule has 0 bridgehead atoms. The summed E-state index contributed by atoms with van der Waals surface area (Å²) in [6, 6.07) is 20.1. The van der Waals surface area contributed by atoms with E-state index >= 15 is 0 Å². The van der Waals surface area contributed by atoms with Crippen LogP contribution in [0.3, 0.4) is 0 Å². The summed E-state index contributed by atoms with van der Waals surface area (Å²) in [4.78, 5) is 26.4. The van der Waals surface area contributed by atoms with Crippen molar-refractivity contribution in [2.75, 3.05) is 4.90 Å². The van der Waals surface area contributed by atoms with E-state index < -0.39 is 11.8 Å². The van der Waals surface area contributed by atoms with Gasteiger partial charge in [-0.15, -0.1) is 0 Å². The number of carbonyl (C=O) groups is 2. The van der Waals surface area contributed by atoms with Crippen LogP contribution in [0.15, 0.2) is 66.7 Å². The lowest BCUT2D eigenvalue weighted by Gasteiger charge is -2.32. The Bertz CT molecular complexity index is 1270. The van der Waals surface area contributed by atoms with E-state index in [4.69, 9.17) is 21.1 Å². The molecule has 0 aliphatic carbocycles. The molecule has 5 nitrogen and oxygen atoms in total. The third-order valence-corrected chi connectivity index (χ3v) is 5.31. The molecule has 1 heterocycles. The minimum atomic E-state index is -1.02. The van der Waals surface area contributed by atoms with Crippen LogP contribution in [0.5, 0.6) is 5.75 Å². The highest BCUT2D eigenvalue weighted by Crippen LogP contribution is 2.34. The van der Waals surface area contributed by atoms with Gasteiger partial charge in [0.2, 0.25) is 11.7 Å². The molecule has 0 fully saturated rings. The zero-order valence-electron chi connectivity index (χ0n) is 18.5. The molecule has 0 N–H and O–H groups in total. The second kappa shape index (κ2) is 9.01. The number of anilines is 1. The number of hydrogen-bond donors (Lipinski definition) is 0. The van der Waals surface area contributed by atoms with Crippen LogP contribution in [0.25, 0.3) is 0 Å².